The van der Waals surface area contributed by atoms with Crippen molar-refractivity contribution in [1.82, 2.24) is 0 Å². The van der Waals surface area contributed by atoms with Crippen molar-refractivity contribution >= 4 is 39.7 Å². The summed E-state index contributed by atoms with van der Waals surface area (Å²) in [7, 11) is -3.89. The Labute approximate surface area is 104 Å². The lowest BCUT2D eigenvalue weighted by Gasteiger charge is -2.01. The van der Waals surface area contributed by atoms with Gasteiger partial charge in [-0.1, -0.05) is 6.07 Å². The van der Waals surface area contributed by atoms with Gasteiger partial charge in [0.25, 0.3) is 5.69 Å². The van der Waals surface area contributed by atoms with E-state index in [4.69, 9.17) is 5.14 Å². The number of halogens is 1. The van der Waals surface area contributed by atoms with Crippen LogP contribution in [0.4, 0.5) is 5.69 Å². The summed E-state index contributed by atoms with van der Waals surface area (Å²) >= 11 is 0. The second-order valence-electron chi connectivity index (χ2n) is 2.75. The van der Waals surface area contributed by atoms with Crippen molar-refractivity contribution in [1.29, 1.82) is 0 Å². The number of non-ortho nitro benzene ring substituents is 1. The third kappa shape index (κ3) is 3.39. The maximum Gasteiger partial charge on any atom is 0.270 e. The van der Waals surface area contributed by atoms with E-state index < -0.39 is 14.9 Å². The first-order valence-corrected chi connectivity index (χ1v) is 5.15. The first-order valence-electron chi connectivity index (χ1n) is 3.60. The lowest BCUT2D eigenvalue weighted by atomic mass is 10.2. The van der Waals surface area contributed by atoms with Gasteiger partial charge >= 0.3 is 0 Å². The third-order valence-electron chi connectivity index (χ3n) is 1.69. The number of nitro groups is 1. The van der Waals surface area contributed by atoms with Crippen LogP contribution in [0.25, 0.3) is 0 Å². The Morgan fingerprint density at radius 1 is 1.40 bits per heavy atom. The van der Waals surface area contributed by atoms with Crippen LogP contribution in [0.15, 0.2) is 23.1 Å². The summed E-state index contributed by atoms with van der Waals surface area (Å²) in [6, 6.07) is 3.52. The molecule has 0 atom stereocenters. The summed E-state index contributed by atoms with van der Waals surface area (Å²) in [5.74, 6) is 0. The molecule has 1 aromatic carbocycles. The summed E-state index contributed by atoms with van der Waals surface area (Å²) in [4.78, 5) is 9.47. The molecule has 0 aliphatic carbocycles. The zero-order valence-electron chi connectivity index (χ0n) is 7.71. The molecule has 0 unspecified atom stereocenters. The molecule has 15 heavy (non-hydrogen) atoms. The van der Waals surface area contributed by atoms with E-state index >= 15 is 0 Å². The molecule has 2 N–H and O–H groups in total. The van der Waals surface area contributed by atoms with Crippen LogP contribution in [-0.4, -0.2) is 13.3 Å². The van der Waals surface area contributed by atoms with Crippen LogP contribution >= 0.6 is 24.0 Å². The first-order chi connectivity index (χ1) is 6.32. The Bertz CT molecular complexity index is 486. The number of nitro benzene ring substituents is 1. The molecule has 0 bridgehead atoms. The van der Waals surface area contributed by atoms with Gasteiger partial charge in [0.05, 0.1) is 9.82 Å². The highest BCUT2D eigenvalue weighted by Crippen LogP contribution is 2.20. The minimum atomic E-state index is -3.89. The Kier molecular flexibility index (Phi) is 4.62. The normalized spacial score (nSPS) is 10.5. The summed E-state index contributed by atoms with van der Waals surface area (Å²) in [6.07, 6.45) is 0. The van der Waals surface area contributed by atoms with Gasteiger partial charge in [-0.3, -0.25) is 10.1 Å². The Morgan fingerprint density at radius 2 is 1.93 bits per heavy atom. The zero-order chi connectivity index (χ0) is 10.9. The number of primary sulfonamides is 1. The van der Waals surface area contributed by atoms with Crippen LogP contribution in [0.5, 0.6) is 0 Å². The Hall–Kier alpha value is -0.740. The molecule has 0 saturated heterocycles. The number of hydrogen-bond donors (Lipinski definition) is 1. The molecule has 0 fully saturated rings. The lowest BCUT2D eigenvalue weighted by molar-refractivity contribution is -0.385. The standard InChI is InChI=1S/C7H8N2O4S.HI/c1-5-2-3-6(9(10)11)4-7(5)14(8,12)13;/h2-4H,1H3,(H2,8,12,13);1H. The minimum absolute atomic E-state index is 0. The van der Waals surface area contributed by atoms with Gasteiger partial charge in [0.15, 0.2) is 0 Å². The van der Waals surface area contributed by atoms with Crippen LogP contribution in [0, 0.1) is 17.0 Å². The molecule has 0 aliphatic heterocycles. The van der Waals surface area contributed by atoms with Gasteiger partial charge in [0.1, 0.15) is 0 Å². The maximum atomic E-state index is 11.0. The highest BCUT2D eigenvalue weighted by Gasteiger charge is 2.16. The molecule has 0 aliphatic rings. The summed E-state index contributed by atoms with van der Waals surface area (Å²) in [5.41, 5.74) is 0.0951. The van der Waals surface area contributed by atoms with Crippen LogP contribution in [0.1, 0.15) is 5.56 Å². The Balaban J connectivity index is 0.00000196. The smallest absolute Gasteiger partial charge is 0.258 e. The molecular formula is C7H9IN2O4S. The summed E-state index contributed by atoms with van der Waals surface area (Å²) < 4.78 is 22.0. The summed E-state index contributed by atoms with van der Waals surface area (Å²) in [6.45, 7) is 1.52. The molecule has 0 spiro atoms. The van der Waals surface area contributed by atoms with Gasteiger partial charge in [-0.2, -0.15) is 0 Å². The summed E-state index contributed by atoms with van der Waals surface area (Å²) in [5, 5.41) is 15.2. The van der Waals surface area contributed by atoms with E-state index in [-0.39, 0.29) is 34.6 Å². The molecule has 84 valence electrons. The molecule has 1 rings (SSSR count). The van der Waals surface area contributed by atoms with Crippen LogP contribution in [0.3, 0.4) is 0 Å². The molecule has 6 nitrogen and oxygen atoms in total. The predicted molar refractivity (Wildman–Crippen MR) is 64.6 cm³/mol. The first kappa shape index (κ1) is 14.3. The monoisotopic (exact) mass is 344 g/mol. The molecule has 0 radical (unpaired) electrons. The van der Waals surface area contributed by atoms with E-state index in [0.717, 1.165) is 6.07 Å². The van der Waals surface area contributed by atoms with E-state index in [2.05, 4.69) is 0 Å². The van der Waals surface area contributed by atoms with Gasteiger partial charge in [0.2, 0.25) is 10.0 Å². The lowest BCUT2D eigenvalue weighted by Crippen LogP contribution is -2.13. The van der Waals surface area contributed by atoms with Gasteiger partial charge in [-0.25, -0.2) is 13.6 Å². The number of nitrogens with two attached hydrogens (primary N) is 1. The van der Waals surface area contributed by atoms with Crippen molar-refractivity contribution in [2.24, 2.45) is 5.14 Å². The van der Waals surface area contributed by atoms with Crippen molar-refractivity contribution in [3.05, 3.63) is 33.9 Å². The highest BCUT2D eigenvalue weighted by molar-refractivity contribution is 14.0. The zero-order valence-corrected chi connectivity index (χ0v) is 10.9. The van der Waals surface area contributed by atoms with E-state index in [1.54, 1.807) is 0 Å². The number of hydrogen-bond acceptors (Lipinski definition) is 4. The van der Waals surface area contributed by atoms with E-state index in [9.17, 15) is 18.5 Å². The van der Waals surface area contributed by atoms with E-state index in [0.29, 0.717) is 5.56 Å². The maximum absolute atomic E-state index is 11.0. The molecular weight excluding hydrogens is 335 g/mol. The van der Waals surface area contributed by atoms with Crippen molar-refractivity contribution < 1.29 is 13.3 Å². The third-order valence-corrected chi connectivity index (χ3v) is 2.74. The predicted octanol–water partition coefficient (Wildman–Crippen LogP) is 1.17. The number of nitrogens with zero attached hydrogens (tertiary/aromatic N) is 1. The fourth-order valence-electron chi connectivity index (χ4n) is 1.01. The van der Waals surface area contributed by atoms with Crippen LogP contribution in [0.2, 0.25) is 0 Å². The van der Waals surface area contributed by atoms with E-state index in [1.807, 2.05) is 0 Å². The topological polar surface area (TPSA) is 103 Å². The Morgan fingerprint density at radius 3 is 2.33 bits per heavy atom. The molecule has 8 heteroatoms. The SMILES string of the molecule is Cc1ccc([N+](=O)[O-])cc1S(N)(=O)=O.I. The van der Waals surface area contributed by atoms with Crippen molar-refractivity contribution in [3.63, 3.8) is 0 Å². The minimum Gasteiger partial charge on any atom is -0.258 e. The number of rotatable bonds is 2. The molecule has 0 saturated carbocycles. The highest BCUT2D eigenvalue weighted by atomic mass is 127. The number of benzene rings is 1. The fraction of sp³-hybridized carbons (Fsp3) is 0.143. The quantitative estimate of drug-likeness (QED) is 0.494. The van der Waals surface area contributed by atoms with E-state index in [1.165, 1.54) is 19.1 Å². The van der Waals surface area contributed by atoms with Crippen LogP contribution < -0.4 is 5.14 Å². The number of aryl methyl sites for hydroxylation is 1. The fourth-order valence-corrected chi connectivity index (χ4v) is 1.81. The molecule has 1 aromatic rings. The van der Waals surface area contributed by atoms with Gasteiger partial charge < -0.3 is 0 Å². The van der Waals surface area contributed by atoms with Gasteiger partial charge in [0, 0.05) is 12.1 Å². The number of sulfonamides is 1. The van der Waals surface area contributed by atoms with Gasteiger partial charge in [-0.05, 0) is 12.5 Å². The van der Waals surface area contributed by atoms with Crippen molar-refractivity contribution in [2.45, 2.75) is 11.8 Å². The van der Waals surface area contributed by atoms with Crippen LogP contribution in [-0.2, 0) is 10.0 Å². The molecule has 0 amide bonds. The largest absolute Gasteiger partial charge is 0.270 e. The second-order valence-corrected chi connectivity index (χ2v) is 4.28. The van der Waals surface area contributed by atoms with Crippen molar-refractivity contribution in [3.8, 4) is 0 Å². The average Bonchev–Trinajstić information content (AvgIpc) is 2.02. The molecule has 0 heterocycles. The van der Waals surface area contributed by atoms with Gasteiger partial charge in [-0.15, -0.1) is 24.0 Å². The molecule has 0 aromatic heterocycles. The van der Waals surface area contributed by atoms with Crippen molar-refractivity contribution in [2.75, 3.05) is 0 Å². The average molecular weight is 344 g/mol. The second kappa shape index (κ2) is 4.86.